The lowest BCUT2D eigenvalue weighted by atomic mass is 10.1. The molecule has 0 fully saturated rings. The van der Waals surface area contributed by atoms with Gasteiger partial charge in [-0.3, -0.25) is 0 Å². The molecule has 1 rings (SSSR count). The summed E-state index contributed by atoms with van der Waals surface area (Å²) in [7, 11) is -3.26. The molecule has 0 bridgehead atoms. The normalized spacial score (nSPS) is 13.4. The lowest BCUT2D eigenvalue weighted by Gasteiger charge is -2.14. The van der Waals surface area contributed by atoms with Crippen molar-refractivity contribution in [3.63, 3.8) is 0 Å². The minimum atomic E-state index is -3.26. The standard InChI is InChI=1S/C13H19ClFNO2S/c1-11(10-12-4-6-13(15)7-5-12)16-19(17,18)9-3-2-8-14/h4-7,11,16H,2-3,8-10H2,1H3. The molecule has 3 nitrogen and oxygen atoms in total. The summed E-state index contributed by atoms with van der Waals surface area (Å²) in [6.07, 6.45) is 1.78. The lowest BCUT2D eigenvalue weighted by Crippen LogP contribution is -2.35. The van der Waals surface area contributed by atoms with Gasteiger partial charge in [0.05, 0.1) is 5.75 Å². The molecule has 0 heterocycles. The summed E-state index contributed by atoms with van der Waals surface area (Å²) in [5, 5.41) is 0. The van der Waals surface area contributed by atoms with E-state index in [4.69, 9.17) is 11.6 Å². The zero-order valence-corrected chi connectivity index (χ0v) is 12.5. The van der Waals surface area contributed by atoms with Crippen LogP contribution in [0.5, 0.6) is 0 Å². The molecule has 1 aromatic rings. The van der Waals surface area contributed by atoms with Crippen molar-refractivity contribution in [2.24, 2.45) is 0 Å². The van der Waals surface area contributed by atoms with Gasteiger partial charge in [0.1, 0.15) is 5.82 Å². The maximum absolute atomic E-state index is 12.7. The monoisotopic (exact) mass is 307 g/mol. The van der Waals surface area contributed by atoms with Gasteiger partial charge in [0, 0.05) is 11.9 Å². The van der Waals surface area contributed by atoms with Crippen molar-refractivity contribution >= 4 is 21.6 Å². The summed E-state index contributed by atoms with van der Waals surface area (Å²) in [6, 6.07) is 5.85. The Kier molecular flexibility index (Phi) is 6.75. The zero-order valence-electron chi connectivity index (χ0n) is 10.9. The number of halogens is 2. The molecule has 0 amide bonds. The highest BCUT2D eigenvalue weighted by atomic mass is 35.5. The molecule has 6 heteroatoms. The van der Waals surface area contributed by atoms with E-state index in [0.29, 0.717) is 25.1 Å². The van der Waals surface area contributed by atoms with Gasteiger partial charge in [0.2, 0.25) is 10.0 Å². The van der Waals surface area contributed by atoms with Gasteiger partial charge in [0.25, 0.3) is 0 Å². The highest BCUT2D eigenvalue weighted by Gasteiger charge is 2.14. The fraction of sp³-hybridized carbons (Fsp3) is 0.538. The van der Waals surface area contributed by atoms with Crippen molar-refractivity contribution in [1.82, 2.24) is 4.72 Å². The molecule has 0 radical (unpaired) electrons. The predicted octanol–water partition coefficient (Wildman–Crippen LogP) is 2.70. The van der Waals surface area contributed by atoms with E-state index >= 15 is 0 Å². The molecule has 19 heavy (non-hydrogen) atoms. The summed E-state index contributed by atoms with van der Waals surface area (Å²) in [4.78, 5) is 0. The molecule has 0 aliphatic rings. The van der Waals surface area contributed by atoms with Gasteiger partial charge in [-0.2, -0.15) is 0 Å². The van der Waals surface area contributed by atoms with E-state index in [1.54, 1.807) is 19.1 Å². The highest BCUT2D eigenvalue weighted by Crippen LogP contribution is 2.07. The van der Waals surface area contributed by atoms with Gasteiger partial charge in [-0.25, -0.2) is 17.5 Å². The minimum absolute atomic E-state index is 0.0908. The van der Waals surface area contributed by atoms with Gasteiger partial charge < -0.3 is 0 Å². The van der Waals surface area contributed by atoms with Gasteiger partial charge in [-0.1, -0.05) is 12.1 Å². The fourth-order valence-corrected chi connectivity index (χ4v) is 3.36. The van der Waals surface area contributed by atoms with Crippen LogP contribution in [0.1, 0.15) is 25.3 Å². The average molecular weight is 308 g/mol. The first-order valence-corrected chi connectivity index (χ1v) is 8.42. The van der Waals surface area contributed by atoms with E-state index < -0.39 is 10.0 Å². The molecule has 0 aromatic heterocycles. The van der Waals surface area contributed by atoms with Gasteiger partial charge in [0.15, 0.2) is 0 Å². The number of alkyl halides is 1. The summed E-state index contributed by atoms with van der Waals surface area (Å²) in [6.45, 7) is 1.79. The van der Waals surface area contributed by atoms with Crippen LogP contribution in [0.3, 0.4) is 0 Å². The lowest BCUT2D eigenvalue weighted by molar-refractivity contribution is 0.556. The maximum Gasteiger partial charge on any atom is 0.211 e. The van der Waals surface area contributed by atoms with Crippen LogP contribution in [0.25, 0.3) is 0 Å². The van der Waals surface area contributed by atoms with E-state index in [0.717, 1.165) is 5.56 Å². The van der Waals surface area contributed by atoms with Crippen LogP contribution < -0.4 is 4.72 Å². The summed E-state index contributed by atoms with van der Waals surface area (Å²) < 4.78 is 38.9. The van der Waals surface area contributed by atoms with Gasteiger partial charge >= 0.3 is 0 Å². The average Bonchev–Trinajstić information content (AvgIpc) is 2.31. The van der Waals surface area contributed by atoms with Crippen LogP contribution in [0.15, 0.2) is 24.3 Å². The first-order chi connectivity index (χ1) is 8.93. The Labute approximate surface area is 119 Å². The molecule has 0 aliphatic heterocycles. The van der Waals surface area contributed by atoms with E-state index in [2.05, 4.69) is 4.72 Å². The van der Waals surface area contributed by atoms with Crippen molar-refractivity contribution in [1.29, 1.82) is 0 Å². The summed E-state index contributed by atoms with van der Waals surface area (Å²) in [5.41, 5.74) is 0.900. The Morgan fingerprint density at radius 2 is 1.89 bits per heavy atom. The number of rotatable bonds is 8. The van der Waals surface area contributed by atoms with Crippen molar-refractivity contribution in [2.75, 3.05) is 11.6 Å². The van der Waals surface area contributed by atoms with Crippen molar-refractivity contribution in [3.05, 3.63) is 35.6 Å². The summed E-state index contributed by atoms with van der Waals surface area (Å²) >= 11 is 5.51. The number of nitrogens with one attached hydrogen (secondary N) is 1. The number of hydrogen-bond donors (Lipinski definition) is 1. The van der Waals surface area contributed by atoms with Gasteiger partial charge in [-0.15, -0.1) is 11.6 Å². The number of hydrogen-bond acceptors (Lipinski definition) is 2. The third-order valence-electron chi connectivity index (χ3n) is 2.63. The second-order valence-electron chi connectivity index (χ2n) is 4.56. The Bertz CT molecular complexity index is 476. The molecular weight excluding hydrogens is 289 g/mol. The quantitative estimate of drug-likeness (QED) is 0.593. The molecule has 1 aromatic carbocycles. The van der Waals surface area contributed by atoms with Crippen molar-refractivity contribution < 1.29 is 12.8 Å². The highest BCUT2D eigenvalue weighted by molar-refractivity contribution is 7.89. The first kappa shape index (κ1) is 16.4. The topological polar surface area (TPSA) is 46.2 Å². The molecule has 108 valence electrons. The maximum atomic E-state index is 12.7. The van der Waals surface area contributed by atoms with Crippen LogP contribution in [0.4, 0.5) is 4.39 Å². The molecule has 0 aliphatic carbocycles. The third-order valence-corrected chi connectivity index (χ3v) is 4.49. The number of sulfonamides is 1. The number of unbranched alkanes of at least 4 members (excludes halogenated alkanes) is 1. The fourth-order valence-electron chi connectivity index (χ4n) is 1.77. The zero-order chi connectivity index (χ0) is 14.3. The number of benzene rings is 1. The minimum Gasteiger partial charge on any atom is -0.212 e. The van der Waals surface area contributed by atoms with E-state index in [9.17, 15) is 12.8 Å². The molecule has 0 saturated heterocycles. The molecule has 1 atom stereocenters. The Balaban J connectivity index is 2.45. The van der Waals surface area contributed by atoms with Crippen LogP contribution in [0.2, 0.25) is 0 Å². The second kappa shape index (κ2) is 7.82. The SMILES string of the molecule is CC(Cc1ccc(F)cc1)NS(=O)(=O)CCCCCl. The first-order valence-electron chi connectivity index (χ1n) is 6.23. The van der Waals surface area contributed by atoms with Gasteiger partial charge in [-0.05, 0) is 43.9 Å². The van der Waals surface area contributed by atoms with Crippen LogP contribution in [0, 0.1) is 5.82 Å². The molecule has 1 N–H and O–H groups in total. The van der Waals surface area contributed by atoms with E-state index in [-0.39, 0.29) is 17.6 Å². The van der Waals surface area contributed by atoms with E-state index in [1.165, 1.54) is 12.1 Å². The molecule has 1 unspecified atom stereocenters. The molecular formula is C13H19ClFNO2S. The summed E-state index contributed by atoms with van der Waals surface area (Å²) in [5.74, 6) is 0.270. The smallest absolute Gasteiger partial charge is 0.211 e. The Hall–Kier alpha value is -0.650. The van der Waals surface area contributed by atoms with Crippen LogP contribution in [-0.2, 0) is 16.4 Å². The Morgan fingerprint density at radius 3 is 2.47 bits per heavy atom. The van der Waals surface area contributed by atoms with E-state index in [1.807, 2.05) is 0 Å². The Morgan fingerprint density at radius 1 is 1.26 bits per heavy atom. The van der Waals surface area contributed by atoms with Crippen molar-refractivity contribution in [2.45, 2.75) is 32.2 Å². The van der Waals surface area contributed by atoms with Crippen LogP contribution in [-0.4, -0.2) is 26.1 Å². The second-order valence-corrected chi connectivity index (χ2v) is 6.82. The molecule has 0 spiro atoms. The predicted molar refractivity (Wildman–Crippen MR) is 76.4 cm³/mol. The van der Waals surface area contributed by atoms with Crippen LogP contribution >= 0.6 is 11.6 Å². The van der Waals surface area contributed by atoms with Crippen molar-refractivity contribution in [3.8, 4) is 0 Å². The largest absolute Gasteiger partial charge is 0.212 e. The molecule has 0 saturated carbocycles. The third kappa shape index (κ3) is 6.89.